The van der Waals surface area contributed by atoms with Crippen LogP contribution in [0.15, 0.2) is 24.3 Å². The minimum Gasteiger partial charge on any atom is -0.497 e. The topological polar surface area (TPSA) is 73.6 Å². The first-order valence-electron chi connectivity index (χ1n) is 6.81. The fourth-order valence-corrected chi connectivity index (χ4v) is 1.91. The SMILES string of the molecule is CCC(NC(=O)C(N)CCOC)c1ccc(OC)cc1. The molecular formula is C15H24N2O3. The summed E-state index contributed by atoms with van der Waals surface area (Å²) in [6.45, 7) is 2.50. The van der Waals surface area contributed by atoms with Crippen molar-refractivity contribution in [3.63, 3.8) is 0 Å². The largest absolute Gasteiger partial charge is 0.497 e. The maximum Gasteiger partial charge on any atom is 0.237 e. The normalized spacial score (nSPS) is 13.6. The highest BCUT2D eigenvalue weighted by Crippen LogP contribution is 2.20. The number of nitrogens with one attached hydrogen (secondary N) is 1. The molecule has 0 saturated heterocycles. The minimum absolute atomic E-state index is 0.0398. The van der Waals surface area contributed by atoms with E-state index in [0.717, 1.165) is 17.7 Å². The smallest absolute Gasteiger partial charge is 0.237 e. The van der Waals surface area contributed by atoms with Crippen molar-refractivity contribution in [2.45, 2.75) is 31.8 Å². The average Bonchev–Trinajstić information content (AvgIpc) is 2.50. The molecule has 1 aromatic rings. The molecule has 0 aliphatic heterocycles. The van der Waals surface area contributed by atoms with Crippen LogP contribution in [0.5, 0.6) is 5.75 Å². The number of nitrogens with two attached hydrogens (primary N) is 1. The number of amides is 1. The van der Waals surface area contributed by atoms with Crippen molar-refractivity contribution in [1.82, 2.24) is 5.32 Å². The number of rotatable bonds is 8. The first kappa shape index (κ1) is 16.5. The molecule has 5 nitrogen and oxygen atoms in total. The highest BCUT2D eigenvalue weighted by Gasteiger charge is 2.18. The maximum atomic E-state index is 12.0. The van der Waals surface area contributed by atoms with Crippen LogP contribution < -0.4 is 15.8 Å². The minimum atomic E-state index is -0.540. The molecule has 0 aliphatic rings. The molecule has 3 N–H and O–H groups in total. The highest BCUT2D eigenvalue weighted by molar-refractivity contribution is 5.81. The Bertz CT molecular complexity index is 406. The van der Waals surface area contributed by atoms with Gasteiger partial charge in [0, 0.05) is 13.7 Å². The van der Waals surface area contributed by atoms with Crippen molar-refractivity contribution in [1.29, 1.82) is 0 Å². The third-order valence-electron chi connectivity index (χ3n) is 3.21. The van der Waals surface area contributed by atoms with Gasteiger partial charge in [-0.05, 0) is 30.5 Å². The Labute approximate surface area is 120 Å². The van der Waals surface area contributed by atoms with Crippen LogP contribution in [0.3, 0.4) is 0 Å². The third-order valence-corrected chi connectivity index (χ3v) is 3.21. The molecule has 0 spiro atoms. The molecule has 20 heavy (non-hydrogen) atoms. The van der Waals surface area contributed by atoms with Crippen LogP contribution >= 0.6 is 0 Å². The molecule has 112 valence electrons. The Balaban J connectivity index is 2.63. The van der Waals surface area contributed by atoms with Crippen molar-refractivity contribution in [2.24, 2.45) is 5.73 Å². The van der Waals surface area contributed by atoms with Gasteiger partial charge < -0.3 is 20.5 Å². The zero-order chi connectivity index (χ0) is 15.0. The molecule has 1 amide bonds. The number of carbonyl (C=O) groups excluding carboxylic acids is 1. The van der Waals surface area contributed by atoms with Crippen LogP contribution in [0, 0.1) is 0 Å². The first-order chi connectivity index (χ1) is 9.62. The number of carbonyl (C=O) groups is 1. The van der Waals surface area contributed by atoms with Crippen molar-refractivity contribution >= 4 is 5.91 Å². The molecule has 1 aromatic carbocycles. The van der Waals surface area contributed by atoms with E-state index in [1.165, 1.54) is 0 Å². The third kappa shape index (κ3) is 4.83. The van der Waals surface area contributed by atoms with Crippen LogP contribution in [-0.4, -0.2) is 32.8 Å². The van der Waals surface area contributed by atoms with Crippen LogP contribution in [0.2, 0.25) is 0 Å². The zero-order valence-corrected chi connectivity index (χ0v) is 12.4. The van der Waals surface area contributed by atoms with E-state index in [0.29, 0.717) is 13.0 Å². The second-order valence-electron chi connectivity index (χ2n) is 4.63. The van der Waals surface area contributed by atoms with Crippen molar-refractivity contribution in [3.05, 3.63) is 29.8 Å². The summed E-state index contributed by atoms with van der Waals surface area (Å²) < 4.78 is 10.1. The van der Waals surface area contributed by atoms with E-state index in [2.05, 4.69) is 5.32 Å². The molecule has 0 bridgehead atoms. The van der Waals surface area contributed by atoms with Gasteiger partial charge in [0.2, 0.25) is 5.91 Å². The Kier molecular flexibility index (Phi) is 7.04. The van der Waals surface area contributed by atoms with E-state index in [1.54, 1.807) is 14.2 Å². The quantitative estimate of drug-likeness (QED) is 0.759. The van der Waals surface area contributed by atoms with E-state index >= 15 is 0 Å². The predicted molar refractivity (Wildman–Crippen MR) is 78.6 cm³/mol. The number of hydrogen-bond acceptors (Lipinski definition) is 4. The lowest BCUT2D eigenvalue weighted by Crippen LogP contribution is -2.42. The molecule has 0 aliphatic carbocycles. The Morgan fingerprint density at radius 1 is 1.30 bits per heavy atom. The molecule has 5 heteroatoms. The summed E-state index contributed by atoms with van der Waals surface area (Å²) in [6.07, 6.45) is 1.32. The summed E-state index contributed by atoms with van der Waals surface area (Å²) in [6, 6.07) is 7.09. The molecule has 0 radical (unpaired) electrons. The van der Waals surface area contributed by atoms with Crippen molar-refractivity contribution in [2.75, 3.05) is 20.8 Å². The Hall–Kier alpha value is -1.59. The van der Waals surface area contributed by atoms with Gasteiger partial charge in [0.15, 0.2) is 0 Å². The Morgan fingerprint density at radius 3 is 2.45 bits per heavy atom. The molecule has 1 rings (SSSR count). The lowest BCUT2D eigenvalue weighted by Gasteiger charge is -2.20. The average molecular weight is 280 g/mol. The van der Waals surface area contributed by atoms with Gasteiger partial charge in [-0.15, -0.1) is 0 Å². The van der Waals surface area contributed by atoms with E-state index < -0.39 is 6.04 Å². The number of benzene rings is 1. The van der Waals surface area contributed by atoms with E-state index in [1.807, 2.05) is 31.2 Å². The lowest BCUT2D eigenvalue weighted by molar-refractivity contribution is -0.123. The monoisotopic (exact) mass is 280 g/mol. The van der Waals surface area contributed by atoms with Crippen LogP contribution in [0.1, 0.15) is 31.4 Å². The fourth-order valence-electron chi connectivity index (χ4n) is 1.91. The van der Waals surface area contributed by atoms with Gasteiger partial charge >= 0.3 is 0 Å². The molecular weight excluding hydrogens is 256 g/mol. The van der Waals surface area contributed by atoms with E-state index in [4.69, 9.17) is 15.2 Å². The van der Waals surface area contributed by atoms with E-state index in [-0.39, 0.29) is 11.9 Å². The van der Waals surface area contributed by atoms with Gasteiger partial charge in [0.25, 0.3) is 0 Å². The fraction of sp³-hybridized carbons (Fsp3) is 0.533. The molecule has 2 atom stereocenters. The van der Waals surface area contributed by atoms with Gasteiger partial charge in [-0.25, -0.2) is 0 Å². The highest BCUT2D eigenvalue weighted by atomic mass is 16.5. The van der Waals surface area contributed by atoms with Gasteiger partial charge in [0.1, 0.15) is 5.75 Å². The van der Waals surface area contributed by atoms with Crippen LogP contribution in [-0.2, 0) is 9.53 Å². The molecule has 2 unspecified atom stereocenters. The standard InChI is InChI=1S/C15H24N2O3/c1-4-14(11-5-7-12(20-3)8-6-11)17-15(18)13(16)9-10-19-2/h5-8,13-14H,4,9-10,16H2,1-3H3,(H,17,18). The molecule has 0 fully saturated rings. The Morgan fingerprint density at radius 2 is 1.95 bits per heavy atom. The lowest BCUT2D eigenvalue weighted by atomic mass is 10.0. The van der Waals surface area contributed by atoms with Gasteiger partial charge in [0.05, 0.1) is 19.2 Å². The van der Waals surface area contributed by atoms with Gasteiger partial charge in [-0.1, -0.05) is 19.1 Å². The summed E-state index contributed by atoms with van der Waals surface area (Å²) in [4.78, 5) is 12.0. The maximum absolute atomic E-state index is 12.0. The van der Waals surface area contributed by atoms with Crippen LogP contribution in [0.4, 0.5) is 0 Å². The number of hydrogen-bond donors (Lipinski definition) is 2. The summed E-state index contributed by atoms with van der Waals surface area (Å²) >= 11 is 0. The van der Waals surface area contributed by atoms with Crippen molar-refractivity contribution in [3.8, 4) is 5.75 Å². The second-order valence-corrected chi connectivity index (χ2v) is 4.63. The summed E-state index contributed by atoms with van der Waals surface area (Å²) in [5, 5.41) is 2.97. The summed E-state index contributed by atoms with van der Waals surface area (Å²) in [7, 11) is 3.22. The van der Waals surface area contributed by atoms with Gasteiger partial charge in [-0.2, -0.15) is 0 Å². The summed E-state index contributed by atoms with van der Waals surface area (Å²) in [5.41, 5.74) is 6.86. The van der Waals surface area contributed by atoms with Gasteiger partial charge in [-0.3, -0.25) is 4.79 Å². The van der Waals surface area contributed by atoms with Crippen LogP contribution in [0.25, 0.3) is 0 Å². The number of ether oxygens (including phenoxy) is 2. The summed E-state index contributed by atoms with van der Waals surface area (Å²) in [5.74, 6) is 0.649. The zero-order valence-electron chi connectivity index (χ0n) is 12.4. The second kappa shape index (κ2) is 8.55. The molecule has 0 heterocycles. The van der Waals surface area contributed by atoms with Crippen molar-refractivity contribution < 1.29 is 14.3 Å². The van der Waals surface area contributed by atoms with E-state index in [9.17, 15) is 4.79 Å². The molecule has 0 saturated carbocycles. The molecule has 0 aromatic heterocycles. The first-order valence-corrected chi connectivity index (χ1v) is 6.81. The number of methoxy groups -OCH3 is 2. The predicted octanol–water partition coefficient (Wildman–Crippen LogP) is 1.63.